The van der Waals surface area contributed by atoms with Crippen molar-refractivity contribution in [2.24, 2.45) is 5.92 Å². The van der Waals surface area contributed by atoms with Gasteiger partial charge in [-0.2, -0.15) is 13.2 Å². The van der Waals surface area contributed by atoms with E-state index in [1.165, 1.54) is 12.1 Å². The van der Waals surface area contributed by atoms with Gasteiger partial charge in [0.25, 0.3) is 0 Å². The van der Waals surface area contributed by atoms with Crippen molar-refractivity contribution in [3.8, 4) is 5.75 Å². The molecule has 3 fully saturated rings. The molecule has 3 aromatic carbocycles. The first-order valence-corrected chi connectivity index (χ1v) is 16.2. The molecule has 3 aromatic rings. The van der Waals surface area contributed by atoms with E-state index < -0.39 is 17.3 Å². The summed E-state index contributed by atoms with van der Waals surface area (Å²) in [5.41, 5.74) is 0.315. The highest BCUT2D eigenvalue weighted by molar-refractivity contribution is 6.05. The Balaban J connectivity index is 0.990. The van der Waals surface area contributed by atoms with Crippen molar-refractivity contribution in [3.63, 3.8) is 0 Å². The van der Waals surface area contributed by atoms with E-state index >= 15 is 0 Å². The highest BCUT2D eigenvalue weighted by Crippen LogP contribution is 2.33. The average Bonchev–Trinajstić information content (AvgIpc) is 3.79. The van der Waals surface area contributed by atoms with Crippen molar-refractivity contribution in [3.05, 3.63) is 71.8 Å². The van der Waals surface area contributed by atoms with Crippen LogP contribution in [-0.4, -0.2) is 66.7 Å². The molecule has 7 nitrogen and oxygen atoms in total. The van der Waals surface area contributed by atoms with Gasteiger partial charge in [0.05, 0.1) is 11.6 Å². The van der Waals surface area contributed by atoms with Gasteiger partial charge in [0.2, 0.25) is 0 Å². The van der Waals surface area contributed by atoms with Crippen LogP contribution in [0, 0.1) is 5.92 Å². The van der Waals surface area contributed by atoms with Crippen LogP contribution in [0.5, 0.6) is 5.75 Å². The van der Waals surface area contributed by atoms with Gasteiger partial charge in [-0.15, -0.1) is 0 Å². The monoisotopic (exact) mass is 637 g/mol. The summed E-state index contributed by atoms with van der Waals surface area (Å²) in [6, 6.07) is 17.0. The molecule has 1 amide bonds. The van der Waals surface area contributed by atoms with Crippen molar-refractivity contribution in [1.82, 2.24) is 10.2 Å². The van der Waals surface area contributed by atoms with Crippen molar-refractivity contribution in [1.29, 1.82) is 0 Å². The molecule has 3 aliphatic heterocycles. The van der Waals surface area contributed by atoms with Gasteiger partial charge in [0.15, 0.2) is 5.78 Å². The molecule has 0 spiro atoms. The molecule has 1 N–H and O–H groups in total. The van der Waals surface area contributed by atoms with E-state index in [1.807, 2.05) is 57.2 Å². The predicted octanol–water partition coefficient (Wildman–Crippen LogP) is 7.47. The second-order valence-electron chi connectivity index (χ2n) is 13.8. The zero-order valence-corrected chi connectivity index (χ0v) is 26.6. The number of piperidine rings is 2. The van der Waals surface area contributed by atoms with E-state index in [0.717, 1.165) is 66.4 Å². The van der Waals surface area contributed by atoms with Gasteiger partial charge < -0.3 is 24.6 Å². The van der Waals surface area contributed by atoms with Crippen LogP contribution in [-0.2, 0) is 10.9 Å². The minimum Gasteiger partial charge on any atom is -0.490 e. The number of carbonyl (C=O) groups is 2. The molecular formula is C36H42F3N3O4. The lowest BCUT2D eigenvalue weighted by atomic mass is 9.90. The molecule has 2 atom stereocenters. The molecule has 0 aromatic heterocycles. The van der Waals surface area contributed by atoms with Crippen LogP contribution in [0.1, 0.15) is 68.8 Å². The number of rotatable bonds is 7. The standard InChI is InChI=1S/C36H42F3N3O4/c1-35(2,3)46-34(44)42-16-12-23(13-17-42)20-31-32(40-31)33(43)25-5-4-24-6-11-30(22-26(24)21-25)45-29-14-18-41(19-15-29)28-9-7-27(8-10-28)36(37,38)39/h4-11,21-23,29,31-32,40H,12-20H2,1-3H3. The Morgan fingerprint density at radius 2 is 1.52 bits per heavy atom. The molecule has 3 saturated heterocycles. The lowest BCUT2D eigenvalue weighted by Gasteiger charge is -2.34. The number of amides is 1. The summed E-state index contributed by atoms with van der Waals surface area (Å²) in [7, 11) is 0. The predicted molar refractivity (Wildman–Crippen MR) is 171 cm³/mol. The Morgan fingerprint density at radius 3 is 2.17 bits per heavy atom. The van der Waals surface area contributed by atoms with Crippen LogP contribution in [0.15, 0.2) is 60.7 Å². The van der Waals surface area contributed by atoms with E-state index in [4.69, 9.17) is 9.47 Å². The van der Waals surface area contributed by atoms with Gasteiger partial charge in [-0.1, -0.05) is 18.2 Å². The number of ketones is 1. The fraction of sp³-hybridized carbons (Fsp3) is 0.500. The topological polar surface area (TPSA) is 81.0 Å². The lowest BCUT2D eigenvalue weighted by Crippen LogP contribution is -2.42. The van der Waals surface area contributed by atoms with E-state index in [1.54, 1.807) is 4.90 Å². The van der Waals surface area contributed by atoms with E-state index in [9.17, 15) is 22.8 Å². The molecule has 2 unspecified atom stereocenters. The minimum atomic E-state index is -4.34. The second-order valence-corrected chi connectivity index (χ2v) is 13.8. The van der Waals surface area contributed by atoms with Crippen LogP contribution in [0.2, 0.25) is 0 Å². The third-order valence-electron chi connectivity index (χ3n) is 9.22. The maximum Gasteiger partial charge on any atom is 0.416 e. The molecule has 3 aliphatic rings. The fourth-order valence-corrected chi connectivity index (χ4v) is 6.59. The first-order chi connectivity index (χ1) is 21.8. The second kappa shape index (κ2) is 12.8. The van der Waals surface area contributed by atoms with Crippen LogP contribution >= 0.6 is 0 Å². The molecule has 6 rings (SSSR count). The van der Waals surface area contributed by atoms with Crippen LogP contribution < -0.4 is 15.0 Å². The number of ether oxygens (including phenoxy) is 2. The Morgan fingerprint density at radius 1 is 0.848 bits per heavy atom. The van der Waals surface area contributed by atoms with E-state index in [0.29, 0.717) is 37.7 Å². The first-order valence-electron chi connectivity index (χ1n) is 16.2. The normalized spacial score (nSPS) is 21.3. The third kappa shape index (κ3) is 7.77. The number of benzene rings is 3. The minimum absolute atomic E-state index is 0.000359. The molecule has 3 heterocycles. The number of likely N-dealkylation sites (tertiary alicyclic amines) is 1. The fourth-order valence-electron chi connectivity index (χ4n) is 6.59. The molecular weight excluding hydrogens is 595 g/mol. The highest BCUT2D eigenvalue weighted by Gasteiger charge is 2.44. The highest BCUT2D eigenvalue weighted by atomic mass is 19.4. The number of Topliss-reactive ketones (excluding diaryl/α,β-unsaturated/α-hetero) is 1. The number of hydrogen-bond acceptors (Lipinski definition) is 6. The molecule has 46 heavy (non-hydrogen) atoms. The van der Waals surface area contributed by atoms with Crippen molar-refractivity contribution in [2.45, 2.75) is 82.8 Å². The molecule has 246 valence electrons. The Labute approximate surface area is 268 Å². The van der Waals surface area contributed by atoms with Gasteiger partial charge in [-0.05, 0) is 99.2 Å². The largest absolute Gasteiger partial charge is 0.490 e. The third-order valence-corrected chi connectivity index (χ3v) is 9.22. The van der Waals surface area contributed by atoms with Gasteiger partial charge in [-0.25, -0.2) is 4.79 Å². The van der Waals surface area contributed by atoms with Crippen LogP contribution in [0.25, 0.3) is 10.8 Å². The maximum atomic E-state index is 13.4. The van der Waals surface area contributed by atoms with Crippen LogP contribution in [0.4, 0.5) is 23.7 Å². The van der Waals surface area contributed by atoms with Gasteiger partial charge in [-0.3, -0.25) is 4.79 Å². The summed E-state index contributed by atoms with van der Waals surface area (Å²) in [6.07, 6.45) is -0.345. The average molecular weight is 638 g/mol. The number of anilines is 1. The van der Waals surface area contributed by atoms with Gasteiger partial charge in [0, 0.05) is 56.3 Å². The first kappa shape index (κ1) is 32.2. The Hall–Kier alpha value is -3.79. The molecule has 0 aliphatic carbocycles. The summed E-state index contributed by atoms with van der Waals surface area (Å²) >= 11 is 0. The van der Waals surface area contributed by atoms with Crippen LogP contribution in [0.3, 0.4) is 0 Å². The molecule has 0 bridgehead atoms. The summed E-state index contributed by atoms with van der Waals surface area (Å²) < 4.78 is 50.6. The number of hydrogen-bond donors (Lipinski definition) is 1. The zero-order valence-electron chi connectivity index (χ0n) is 26.6. The number of fused-ring (bicyclic) bond motifs is 1. The number of carbonyl (C=O) groups excluding carboxylic acids is 2. The number of alkyl halides is 3. The van der Waals surface area contributed by atoms with Crippen molar-refractivity contribution in [2.75, 3.05) is 31.1 Å². The lowest BCUT2D eigenvalue weighted by molar-refractivity contribution is -0.137. The van der Waals surface area contributed by atoms with Gasteiger partial charge in [0.1, 0.15) is 17.5 Å². The quantitative estimate of drug-likeness (QED) is 0.214. The van der Waals surface area contributed by atoms with E-state index in [2.05, 4.69) is 10.2 Å². The number of nitrogens with zero attached hydrogens (tertiary/aromatic N) is 2. The molecule has 10 heteroatoms. The van der Waals surface area contributed by atoms with Crippen molar-refractivity contribution < 1.29 is 32.2 Å². The Bertz CT molecular complexity index is 1550. The molecule has 0 saturated carbocycles. The summed E-state index contributed by atoms with van der Waals surface area (Å²) in [5, 5.41) is 5.35. The molecule has 0 radical (unpaired) electrons. The Kier molecular flexibility index (Phi) is 8.93. The summed E-state index contributed by atoms with van der Waals surface area (Å²) in [4.78, 5) is 29.6. The van der Waals surface area contributed by atoms with E-state index in [-0.39, 0.29) is 30.1 Å². The maximum absolute atomic E-state index is 13.4. The van der Waals surface area contributed by atoms with Gasteiger partial charge >= 0.3 is 12.3 Å². The summed E-state index contributed by atoms with van der Waals surface area (Å²) in [5.74, 6) is 1.30. The SMILES string of the molecule is CC(C)(C)OC(=O)N1CCC(CC2NC2C(=O)c2ccc3ccc(OC4CCN(c5ccc(C(F)(F)F)cc5)CC4)cc3c2)CC1. The van der Waals surface area contributed by atoms with Crippen molar-refractivity contribution >= 4 is 28.3 Å². The smallest absolute Gasteiger partial charge is 0.416 e. The number of halogens is 3. The number of nitrogens with one attached hydrogen (secondary N) is 1. The summed E-state index contributed by atoms with van der Waals surface area (Å²) in [6.45, 7) is 8.37. The zero-order chi connectivity index (χ0) is 32.6.